The van der Waals surface area contributed by atoms with E-state index in [0.29, 0.717) is 6.04 Å². The molecule has 0 saturated heterocycles. The smallest absolute Gasteiger partial charge is 0.176 e. The molecule has 2 aromatic rings. The molecule has 0 amide bonds. The second-order valence-corrected chi connectivity index (χ2v) is 6.48. The number of rotatable bonds is 5. The van der Waals surface area contributed by atoms with Gasteiger partial charge in [-0.25, -0.2) is 0 Å². The number of hydrogen-bond donors (Lipinski definition) is 1. The van der Waals surface area contributed by atoms with E-state index in [2.05, 4.69) is 33.7 Å². The van der Waals surface area contributed by atoms with Crippen LogP contribution in [0.2, 0.25) is 0 Å². The average molecular weight is 291 g/mol. The quantitative estimate of drug-likeness (QED) is 0.916. The molecule has 6 heteroatoms. The Labute approximate surface area is 123 Å². The van der Waals surface area contributed by atoms with Crippen LogP contribution in [0.1, 0.15) is 46.9 Å². The molecule has 2 aromatic heterocycles. The van der Waals surface area contributed by atoms with Crippen molar-refractivity contribution in [2.24, 2.45) is 7.05 Å². The summed E-state index contributed by atoms with van der Waals surface area (Å²) >= 11 is 1.96. The van der Waals surface area contributed by atoms with Crippen LogP contribution in [0.5, 0.6) is 0 Å². The minimum Gasteiger partial charge on any atom is -0.309 e. The number of aryl methyl sites for hydroxylation is 3. The highest BCUT2D eigenvalue weighted by Crippen LogP contribution is 2.33. The van der Waals surface area contributed by atoms with E-state index in [1.807, 2.05) is 18.4 Å². The third-order valence-electron chi connectivity index (χ3n) is 3.75. The summed E-state index contributed by atoms with van der Waals surface area (Å²) in [5.74, 6) is 0.810. The average Bonchev–Trinajstić information content (AvgIpc) is 3.04. The molecule has 2 heterocycles. The van der Waals surface area contributed by atoms with Crippen molar-refractivity contribution in [1.29, 1.82) is 0 Å². The summed E-state index contributed by atoms with van der Waals surface area (Å²) in [6, 6.07) is 2.70. The second-order valence-electron chi connectivity index (χ2n) is 5.31. The van der Waals surface area contributed by atoms with Gasteiger partial charge in [-0.1, -0.05) is 6.92 Å². The van der Waals surface area contributed by atoms with Crippen LogP contribution in [-0.4, -0.2) is 26.8 Å². The van der Waals surface area contributed by atoms with E-state index in [9.17, 15) is 0 Å². The topological polar surface area (TPSA) is 55.6 Å². The van der Waals surface area contributed by atoms with Crippen LogP contribution in [0.4, 0.5) is 0 Å². The van der Waals surface area contributed by atoms with E-state index in [-0.39, 0.29) is 0 Å². The summed E-state index contributed by atoms with van der Waals surface area (Å²) in [4.78, 5) is 4.53. The third kappa shape index (κ3) is 2.91. The molecular weight excluding hydrogens is 270 g/mol. The molecular formula is C14H21N5S. The molecule has 1 aliphatic carbocycles. The van der Waals surface area contributed by atoms with E-state index in [0.717, 1.165) is 18.8 Å². The Morgan fingerprint density at radius 2 is 2.25 bits per heavy atom. The van der Waals surface area contributed by atoms with Crippen molar-refractivity contribution in [2.75, 3.05) is 6.54 Å². The highest BCUT2D eigenvalue weighted by molar-refractivity contribution is 7.12. The van der Waals surface area contributed by atoms with Crippen molar-refractivity contribution in [1.82, 2.24) is 25.5 Å². The van der Waals surface area contributed by atoms with Gasteiger partial charge < -0.3 is 5.32 Å². The molecule has 0 spiro atoms. The fourth-order valence-electron chi connectivity index (χ4n) is 2.79. The van der Waals surface area contributed by atoms with Gasteiger partial charge in [0.15, 0.2) is 5.82 Å². The molecule has 0 saturated carbocycles. The summed E-state index contributed by atoms with van der Waals surface area (Å²) in [6.45, 7) is 3.10. The summed E-state index contributed by atoms with van der Waals surface area (Å²) in [7, 11) is 1.81. The molecule has 1 atom stereocenters. The molecule has 0 aromatic carbocycles. The van der Waals surface area contributed by atoms with Gasteiger partial charge in [-0.2, -0.15) is 4.80 Å². The van der Waals surface area contributed by atoms with Gasteiger partial charge in [-0.15, -0.1) is 21.5 Å². The standard InChI is InChI=1S/C14H21N5S/c1-3-15-11(9-14-16-18-19(2)17-14)13-8-10-6-4-5-7-12(10)20-13/h8,11,15H,3-7,9H2,1-2H3. The highest BCUT2D eigenvalue weighted by Gasteiger charge is 2.20. The van der Waals surface area contributed by atoms with E-state index >= 15 is 0 Å². The molecule has 3 rings (SSSR count). The zero-order valence-corrected chi connectivity index (χ0v) is 12.9. The Morgan fingerprint density at radius 1 is 1.40 bits per heavy atom. The number of aromatic nitrogens is 4. The maximum absolute atomic E-state index is 4.30. The van der Waals surface area contributed by atoms with Crippen molar-refractivity contribution in [3.8, 4) is 0 Å². The molecule has 0 bridgehead atoms. The van der Waals surface area contributed by atoms with Crippen molar-refractivity contribution in [2.45, 2.75) is 45.1 Å². The molecule has 1 N–H and O–H groups in total. The molecule has 0 radical (unpaired) electrons. The number of nitrogens with one attached hydrogen (secondary N) is 1. The fraction of sp³-hybridized carbons (Fsp3) is 0.643. The zero-order chi connectivity index (χ0) is 13.9. The van der Waals surface area contributed by atoms with Crippen LogP contribution < -0.4 is 5.32 Å². The maximum Gasteiger partial charge on any atom is 0.176 e. The zero-order valence-electron chi connectivity index (χ0n) is 12.1. The van der Waals surface area contributed by atoms with Gasteiger partial charge >= 0.3 is 0 Å². The fourth-order valence-corrected chi connectivity index (χ4v) is 4.13. The van der Waals surface area contributed by atoms with E-state index in [1.54, 1.807) is 10.4 Å². The Bertz CT molecular complexity index is 550. The Hall–Kier alpha value is -1.27. The van der Waals surface area contributed by atoms with Gasteiger partial charge in [-0.05, 0) is 49.1 Å². The summed E-state index contributed by atoms with van der Waals surface area (Å²) in [5, 5.41) is 15.9. The second kappa shape index (κ2) is 6.01. The van der Waals surface area contributed by atoms with Crippen LogP contribution in [0.15, 0.2) is 6.07 Å². The lowest BCUT2D eigenvalue weighted by Crippen LogP contribution is -2.22. The van der Waals surface area contributed by atoms with Gasteiger partial charge in [0.2, 0.25) is 0 Å². The van der Waals surface area contributed by atoms with Gasteiger partial charge in [0.05, 0.1) is 7.05 Å². The van der Waals surface area contributed by atoms with Crippen LogP contribution >= 0.6 is 11.3 Å². The maximum atomic E-state index is 4.30. The normalized spacial score (nSPS) is 16.1. The largest absolute Gasteiger partial charge is 0.309 e. The number of fused-ring (bicyclic) bond motifs is 1. The minimum atomic E-state index is 0.305. The van der Waals surface area contributed by atoms with Gasteiger partial charge in [0.25, 0.3) is 0 Å². The third-order valence-corrected chi connectivity index (χ3v) is 5.10. The Kier molecular flexibility index (Phi) is 4.12. The first-order chi connectivity index (χ1) is 9.76. The lowest BCUT2D eigenvalue weighted by molar-refractivity contribution is 0.542. The summed E-state index contributed by atoms with van der Waals surface area (Å²) < 4.78 is 0. The van der Waals surface area contributed by atoms with Gasteiger partial charge in [0, 0.05) is 22.2 Å². The van der Waals surface area contributed by atoms with Crippen molar-refractivity contribution in [3.63, 3.8) is 0 Å². The summed E-state index contributed by atoms with van der Waals surface area (Å²) in [5.41, 5.74) is 1.56. The van der Waals surface area contributed by atoms with E-state index in [4.69, 9.17) is 0 Å². The molecule has 0 aliphatic heterocycles. The lowest BCUT2D eigenvalue weighted by atomic mass is 9.98. The van der Waals surface area contributed by atoms with Gasteiger partial charge in [0.1, 0.15) is 0 Å². The van der Waals surface area contributed by atoms with Crippen molar-refractivity contribution >= 4 is 11.3 Å². The molecule has 108 valence electrons. The number of thiophene rings is 1. The number of hydrogen-bond acceptors (Lipinski definition) is 5. The van der Waals surface area contributed by atoms with Crippen molar-refractivity contribution in [3.05, 3.63) is 27.2 Å². The minimum absolute atomic E-state index is 0.305. The Morgan fingerprint density at radius 3 is 2.95 bits per heavy atom. The van der Waals surface area contributed by atoms with E-state index in [1.165, 1.54) is 35.4 Å². The molecule has 1 unspecified atom stereocenters. The van der Waals surface area contributed by atoms with Crippen LogP contribution in [0.25, 0.3) is 0 Å². The molecule has 1 aliphatic rings. The van der Waals surface area contributed by atoms with Crippen LogP contribution in [-0.2, 0) is 26.3 Å². The van der Waals surface area contributed by atoms with Crippen molar-refractivity contribution < 1.29 is 0 Å². The number of nitrogens with zero attached hydrogens (tertiary/aromatic N) is 4. The molecule has 5 nitrogen and oxygen atoms in total. The predicted octanol–water partition coefficient (Wildman–Crippen LogP) is 2.04. The first-order valence-electron chi connectivity index (χ1n) is 7.34. The van der Waals surface area contributed by atoms with Crippen LogP contribution in [0.3, 0.4) is 0 Å². The molecule has 0 fully saturated rings. The van der Waals surface area contributed by atoms with Crippen LogP contribution in [0, 0.1) is 0 Å². The SMILES string of the molecule is CCNC(Cc1nnn(C)n1)c1cc2c(s1)CCCC2. The Balaban J connectivity index is 1.80. The number of tetrazole rings is 1. The first kappa shape index (κ1) is 13.7. The first-order valence-corrected chi connectivity index (χ1v) is 8.15. The van der Waals surface area contributed by atoms with Gasteiger partial charge in [-0.3, -0.25) is 0 Å². The predicted molar refractivity (Wildman–Crippen MR) is 79.9 cm³/mol. The monoisotopic (exact) mass is 291 g/mol. The van der Waals surface area contributed by atoms with E-state index < -0.39 is 0 Å². The molecule has 20 heavy (non-hydrogen) atoms. The number of likely N-dealkylation sites (N-methyl/N-ethyl adjacent to an activating group) is 1. The highest BCUT2D eigenvalue weighted by atomic mass is 32.1. The summed E-state index contributed by atoms with van der Waals surface area (Å²) in [6.07, 6.45) is 5.97. The lowest BCUT2D eigenvalue weighted by Gasteiger charge is -2.14.